The monoisotopic (exact) mass is 320 g/mol. The first-order chi connectivity index (χ1) is 10.3. The molecule has 0 saturated heterocycles. The molecule has 0 bridgehead atoms. The molecule has 112 valence electrons. The van der Waals surface area contributed by atoms with Crippen molar-refractivity contribution in [3.63, 3.8) is 0 Å². The Kier molecular flexibility index (Phi) is 5.28. The van der Waals surface area contributed by atoms with E-state index in [-0.39, 0.29) is 0 Å². The fourth-order valence-corrected chi connectivity index (χ4v) is 3.93. The van der Waals surface area contributed by atoms with Crippen LogP contribution in [-0.2, 0) is 6.54 Å². The fraction of sp³-hybridized carbons (Fsp3) is 0.471. The van der Waals surface area contributed by atoms with Crippen LogP contribution in [-0.4, -0.2) is 11.5 Å². The third-order valence-electron chi connectivity index (χ3n) is 4.12. The number of benzene rings is 1. The van der Waals surface area contributed by atoms with Crippen LogP contribution in [0.5, 0.6) is 0 Å². The first-order valence-electron chi connectivity index (χ1n) is 7.72. The Morgan fingerprint density at radius 1 is 1.14 bits per heavy atom. The highest BCUT2D eigenvalue weighted by Crippen LogP contribution is 2.27. The van der Waals surface area contributed by atoms with Crippen LogP contribution in [0.1, 0.15) is 37.1 Å². The van der Waals surface area contributed by atoms with E-state index in [0.29, 0.717) is 0 Å². The second kappa shape index (κ2) is 7.39. The minimum absolute atomic E-state index is 0.776. The van der Waals surface area contributed by atoms with Crippen LogP contribution >= 0.6 is 22.9 Å². The van der Waals surface area contributed by atoms with Gasteiger partial charge in [0.25, 0.3) is 0 Å². The van der Waals surface area contributed by atoms with Gasteiger partial charge in [0.05, 0.1) is 4.88 Å². The molecule has 1 fully saturated rings. The van der Waals surface area contributed by atoms with Crippen molar-refractivity contribution in [3.05, 3.63) is 40.5 Å². The van der Waals surface area contributed by atoms with Crippen molar-refractivity contribution in [2.75, 3.05) is 6.54 Å². The number of halogens is 1. The lowest BCUT2D eigenvalue weighted by Crippen LogP contribution is -2.24. The average molecular weight is 321 g/mol. The summed E-state index contributed by atoms with van der Waals surface area (Å²) in [5, 5.41) is 5.51. The van der Waals surface area contributed by atoms with Crippen LogP contribution in [0.3, 0.4) is 0 Å². The maximum absolute atomic E-state index is 5.92. The summed E-state index contributed by atoms with van der Waals surface area (Å²) in [5.41, 5.74) is 1.19. The molecular formula is C17H21ClN2S. The zero-order valence-electron chi connectivity index (χ0n) is 12.1. The first-order valence-corrected chi connectivity index (χ1v) is 8.92. The minimum atomic E-state index is 0.776. The first kappa shape index (κ1) is 15.0. The Balaban J connectivity index is 1.51. The SMILES string of the molecule is Clc1ccc(-c2cnc(CNCC3CCCCC3)s2)cc1. The number of rotatable bonds is 5. The van der Waals surface area contributed by atoms with Gasteiger partial charge in [-0.15, -0.1) is 11.3 Å². The average Bonchev–Trinajstić information content (AvgIpc) is 2.98. The van der Waals surface area contributed by atoms with Crippen LogP contribution in [0.15, 0.2) is 30.5 Å². The topological polar surface area (TPSA) is 24.9 Å². The van der Waals surface area contributed by atoms with Crippen molar-refractivity contribution in [1.29, 1.82) is 0 Å². The van der Waals surface area contributed by atoms with Gasteiger partial charge in [0.15, 0.2) is 0 Å². The predicted molar refractivity (Wildman–Crippen MR) is 90.8 cm³/mol. The highest BCUT2D eigenvalue weighted by molar-refractivity contribution is 7.15. The summed E-state index contributed by atoms with van der Waals surface area (Å²) in [5.74, 6) is 0.870. The molecule has 2 nitrogen and oxygen atoms in total. The molecular weight excluding hydrogens is 300 g/mol. The third kappa shape index (κ3) is 4.29. The van der Waals surface area contributed by atoms with Crippen LogP contribution < -0.4 is 5.32 Å². The molecule has 2 aromatic rings. The number of nitrogens with zero attached hydrogens (tertiary/aromatic N) is 1. The van der Waals surface area contributed by atoms with Crippen molar-refractivity contribution in [1.82, 2.24) is 10.3 Å². The molecule has 1 aromatic heterocycles. The number of aromatic nitrogens is 1. The molecule has 21 heavy (non-hydrogen) atoms. The molecule has 0 radical (unpaired) electrons. The molecule has 0 spiro atoms. The van der Waals surface area contributed by atoms with E-state index < -0.39 is 0 Å². The zero-order chi connectivity index (χ0) is 14.5. The second-order valence-electron chi connectivity index (χ2n) is 5.76. The van der Waals surface area contributed by atoms with Crippen molar-refractivity contribution >= 4 is 22.9 Å². The molecule has 0 unspecified atom stereocenters. The molecule has 4 heteroatoms. The van der Waals surface area contributed by atoms with E-state index in [1.54, 1.807) is 11.3 Å². The zero-order valence-corrected chi connectivity index (χ0v) is 13.7. The van der Waals surface area contributed by atoms with E-state index in [4.69, 9.17) is 11.6 Å². The molecule has 3 rings (SSSR count). The van der Waals surface area contributed by atoms with E-state index in [9.17, 15) is 0 Å². The highest BCUT2D eigenvalue weighted by atomic mass is 35.5. The summed E-state index contributed by atoms with van der Waals surface area (Å²) < 4.78 is 0. The maximum atomic E-state index is 5.92. The second-order valence-corrected chi connectivity index (χ2v) is 7.31. The number of hydrogen-bond acceptors (Lipinski definition) is 3. The van der Waals surface area contributed by atoms with Crippen molar-refractivity contribution in [2.24, 2.45) is 5.92 Å². The summed E-state index contributed by atoms with van der Waals surface area (Å²) in [6.07, 6.45) is 8.98. The Bertz CT molecular complexity index is 558. The van der Waals surface area contributed by atoms with E-state index in [1.165, 1.54) is 42.5 Å². The van der Waals surface area contributed by atoms with Gasteiger partial charge in [-0.25, -0.2) is 4.98 Å². The Morgan fingerprint density at radius 2 is 1.90 bits per heavy atom. The van der Waals surface area contributed by atoms with Gasteiger partial charge in [-0.3, -0.25) is 0 Å². The Labute approximate surface area is 135 Å². The Morgan fingerprint density at radius 3 is 2.67 bits per heavy atom. The molecule has 1 aromatic carbocycles. The molecule has 1 heterocycles. The minimum Gasteiger partial charge on any atom is -0.310 e. The van der Waals surface area contributed by atoms with Crippen molar-refractivity contribution in [3.8, 4) is 10.4 Å². The summed E-state index contributed by atoms with van der Waals surface area (Å²) >= 11 is 7.69. The van der Waals surface area contributed by atoms with Gasteiger partial charge in [0.2, 0.25) is 0 Å². The van der Waals surface area contributed by atoms with Crippen LogP contribution in [0.4, 0.5) is 0 Å². The largest absolute Gasteiger partial charge is 0.310 e. The number of hydrogen-bond donors (Lipinski definition) is 1. The molecule has 0 atom stereocenters. The van der Waals surface area contributed by atoms with Gasteiger partial charge in [-0.2, -0.15) is 0 Å². The lowest BCUT2D eigenvalue weighted by molar-refractivity contribution is 0.342. The summed E-state index contributed by atoms with van der Waals surface area (Å²) in [6.45, 7) is 2.02. The van der Waals surface area contributed by atoms with Gasteiger partial charge in [-0.1, -0.05) is 43.0 Å². The van der Waals surface area contributed by atoms with E-state index >= 15 is 0 Å². The van der Waals surface area contributed by atoms with Gasteiger partial charge in [-0.05, 0) is 43.0 Å². The molecule has 0 amide bonds. The quantitative estimate of drug-likeness (QED) is 0.825. The highest BCUT2D eigenvalue weighted by Gasteiger charge is 2.13. The van der Waals surface area contributed by atoms with Gasteiger partial charge in [0, 0.05) is 17.8 Å². The van der Waals surface area contributed by atoms with E-state index in [2.05, 4.69) is 22.4 Å². The summed E-state index contributed by atoms with van der Waals surface area (Å²) in [6, 6.07) is 7.96. The van der Waals surface area contributed by atoms with Gasteiger partial charge >= 0.3 is 0 Å². The fourth-order valence-electron chi connectivity index (χ4n) is 2.91. The number of thiazole rings is 1. The molecule has 1 saturated carbocycles. The van der Waals surface area contributed by atoms with Crippen LogP contribution in [0.25, 0.3) is 10.4 Å². The van der Waals surface area contributed by atoms with E-state index in [1.807, 2.05) is 18.3 Å². The van der Waals surface area contributed by atoms with Crippen LogP contribution in [0, 0.1) is 5.92 Å². The molecule has 1 aliphatic rings. The third-order valence-corrected chi connectivity index (χ3v) is 5.41. The molecule has 0 aliphatic heterocycles. The van der Waals surface area contributed by atoms with Gasteiger partial charge in [0.1, 0.15) is 5.01 Å². The lowest BCUT2D eigenvalue weighted by atomic mass is 9.89. The van der Waals surface area contributed by atoms with Crippen molar-refractivity contribution < 1.29 is 0 Å². The maximum Gasteiger partial charge on any atom is 0.107 e. The smallest absolute Gasteiger partial charge is 0.107 e. The lowest BCUT2D eigenvalue weighted by Gasteiger charge is -2.21. The summed E-state index contributed by atoms with van der Waals surface area (Å²) in [7, 11) is 0. The predicted octanol–water partition coefficient (Wildman–Crippen LogP) is 5.13. The Hall–Kier alpha value is -0.900. The van der Waals surface area contributed by atoms with Crippen molar-refractivity contribution in [2.45, 2.75) is 38.6 Å². The molecule has 1 aliphatic carbocycles. The normalized spacial score (nSPS) is 16.2. The van der Waals surface area contributed by atoms with Gasteiger partial charge < -0.3 is 5.32 Å². The molecule has 1 N–H and O–H groups in total. The standard InChI is InChI=1S/C17H21ClN2S/c18-15-8-6-14(7-9-15)16-11-20-17(21-16)12-19-10-13-4-2-1-3-5-13/h6-9,11,13,19H,1-5,10,12H2. The van der Waals surface area contributed by atoms with E-state index in [0.717, 1.165) is 29.0 Å². The van der Waals surface area contributed by atoms with Crippen LogP contribution in [0.2, 0.25) is 5.02 Å². The summed E-state index contributed by atoms with van der Waals surface area (Å²) in [4.78, 5) is 5.73. The number of nitrogens with one attached hydrogen (secondary N) is 1.